The zero-order chi connectivity index (χ0) is 21.9. The third kappa shape index (κ3) is 4.17. The number of nitrogens with zero attached hydrogens (tertiary/aromatic N) is 2. The van der Waals surface area contributed by atoms with Gasteiger partial charge in [0.2, 0.25) is 11.8 Å². The maximum atomic E-state index is 13.6. The number of anilines is 2. The number of hydrazone groups is 1. The third-order valence-corrected chi connectivity index (χ3v) is 4.45. The molecule has 0 saturated heterocycles. The second-order valence-electron chi connectivity index (χ2n) is 8.03. The van der Waals surface area contributed by atoms with Crippen LogP contribution in [0.1, 0.15) is 27.7 Å². The first-order chi connectivity index (χ1) is 14.1. The van der Waals surface area contributed by atoms with Gasteiger partial charge >= 0.3 is 5.91 Å². The normalized spacial score (nSPS) is 18.6. The zero-order valence-corrected chi connectivity index (χ0v) is 17.4. The molecule has 0 spiro atoms. The SMILES string of the molecule is CC(=O)NC1(Nc2ccccc2)C(=O)N(c2ccccc2)N=C1NC(=O)C(C)(C)C. The molecule has 0 radical (unpaired) electrons. The lowest BCUT2D eigenvalue weighted by Crippen LogP contribution is -2.68. The molecule has 156 valence electrons. The summed E-state index contributed by atoms with van der Waals surface area (Å²) in [5, 5.41) is 14.0. The quantitative estimate of drug-likeness (QED) is 0.678. The van der Waals surface area contributed by atoms with E-state index in [2.05, 4.69) is 21.1 Å². The Hall–Kier alpha value is -3.68. The fourth-order valence-corrected chi connectivity index (χ4v) is 2.90. The molecule has 0 fully saturated rings. The molecule has 1 aliphatic rings. The van der Waals surface area contributed by atoms with Crippen molar-refractivity contribution in [2.75, 3.05) is 10.3 Å². The van der Waals surface area contributed by atoms with Crippen LogP contribution in [0.25, 0.3) is 0 Å². The summed E-state index contributed by atoms with van der Waals surface area (Å²) in [6.07, 6.45) is 0. The van der Waals surface area contributed by atoms with Gasteiger partial charge in [0.05, 0.1) is 5.69 Å². The molecular weight excluding hydrogens is 382 g/mol. The van der Waals surface area contributed by atoms with Crippen molar-refractivity contribution in [3.05, 3.63) is 60.7 Å². The summed E-state index contributed by atoms with van der Waals surface area (Å²) in [6.45, 7) is 6.55. The summed E-state index contributed by atoms with van der Waals surface area (Å²) in [5.74, 6) is -1.35. The number of para-hydroxylation sites is 2. The van der Waals surface area contributed by atoms with E-state index in [9.17, 15) is 14.4 Å². The van der Waals surface area contributed by atoms with E-state index in [1.165, 1.54) is 11.9 Å². The van der Waals surface area contributed by atoms with Crippen LogP contribution in [0, 0.1) is 5.41 Å². The smallest absolute Gasteiger partial charge is 0.302 e. The van der Waals surface area contributed by atoms with Crippen LogP contribution in [-0.2, 0) is 14.4 Å². The molecule has 1 aliphatic heterocycles. The van der Waals surface area contributed by atoms with E-state index in [0.717, 1.165) is 0 Å². The summed E-state index contributed by atoms with van der Waals surface area (Å²) < 4.78 is 0. The standard InChI is InChI=1S/C22H25N5O3/c1-15(28)24-22(25-16-11-7-5-8-12-16)18(23-19(29)21(2,3)4)26-27(20(22)30)17-13-9-6-10-14-17/h5-14,25H,1-4H3,(H,24,28)(H,23,26,29). The van der Waals surface area contributed by atoms with Crippen molar-refractivity contribution in [1.29, 1.82) is 0 Å². The highest BCUT2D eigenvalue weighted by Crippen LogP contribution is 2.28. The van der Waals surface area contributed by atoms with Crippen LogP contribution in [0.5, 0.6) is 0 Å². The summed E-state index contributed by atoms with van der Waals surface area (Å²) in [5.41, 5.74) is -1.43. The molecule has 1 atom stereocenters. The third-order valence-electron chi connectivity index (χ3n) is 4.45. The van der Waals surface area contributed by atoms with E-state index in [1.54, 1.807) is 69.3 Å². The van der Waals surface area contributed by atoms with Crippen LogP contribution in [0.2, 0.25) is 0 Å². The molecule has 0 bridgehead atoms. The molecule has 8 nitrogen and oxygen atoms in total. The number of nitrogens with one attached hydrogen (secondary N) is 3. The summed E-state index contributed by atoms with van der Waals surface area (Å²) >= 11 is 0. The Kier molecular flexibility index (Phi) is 5.60. The fraction of sp³-hybridized carbons (Fsp3) is 0.273. The van der Waals surface area contributed by atoms with Crippen molar-refractivity contribution < 1.29 is 14.4 Å². The van der Waals surface area contributed by atoms with Crippen LogP contribution in [0.15, 0.2) is 65.8 Å². The minimum Gasteiger partial charge on any atom is -0.348 e. The first-order valence-electron chi connectivity index (χ1n) is 9.55. The topological polar surface area (TPSA) is 103 Å². The molecular formula is C22H25N5O3. The molecule has 0 aliphatic carbocycles. The Labute approximate surface area is 175 Å². The predicted octanol–water partition coefficient (Wildman–Crippen LogP) is 2.45. The Morgan fingerprint density at radius 2 is 1.53 bits per heavy atom. The van der Waals surface area contributed by atoms with Gasteiger partial charge in [-0.15, -0.1) is 5.10 Å². The lowest BCUT2D eigenvalue weighted by Gasteiger charge is -2.32. The Bertz CT molecular complexity index is 983. The number of rotatable bonds is 4. The van der Waals surface area contributed by atoms with Gasteiger partial charge in [-0.1, -0.05) is 57.2 Å². The Balaban J connectivity index is 2.11. The summed E-state index contributed by atoms with van der Waals surface area (Å²) in [6, 6.07) is 17.7. The van der Waals surface area contributed by atoms with E-state index in [1.807, 2.05) is 12.1 Å². The maximum Gasteiger partial charge on any atom is 0.302 e. The lowest BCUT2D eigenvalue weighted by molar-refractivity contribution is -0.128. The Morgan fingerprint density at radius 3 is 2.07 bits per heavy atom. The van der Waals surface area contributed by atoms with Gasteiger partial charge in [-0.2, -0.15) is 5.01 Å². The van der Waals surface area contributed by atoms with Gasteiger partial charge in [0, 0.05) is 18.0 Å². The fourth-order valence-electron chi connectivity index (χ4n) is 2.90. The molecule has 8 heteroatoms. The van der Waals surface area contributed by atoms with Gasteiger partial charge in [0.15, 0.2) is 5.84 Å². The van der Waals surface area contributed by atoms with E-state index in [-0.39, 0.29) is 11.7 Å². The van der Waals surface area contributed by atoms with Crippen LogP contribution >= 0.6 is 0 Å². The highest BCUT2D eigenvalue weighted by Gasteiger charge is 2.54. The second-order valence-corrected chi connectivity index (χ2v) is 8.03. The van der Waals surface area contributed by atoms with Crippen molar-refractivity contribution in [1.82, 2.24) is 10.6 Å². The van der Waals surface area contributed by atoms with Crippen LogP contribution < -0.4 is 21.0 Å². The van der Waals surface area contributed by atoms with E-state index in [0.29, 0.717) is 11.4 Å². The van der Waals surface area contributed by atoms with Crippen LogP contribution in [-0.4, -0.2) is 29.2 Å². The highest BCUT2D eigenvalue weighted by atomic mass is 16.2. The molecule has 30 heavy (non-hydrogen) atoms. The maximum absolute atomic E-state index is 13.6. The minimum absolute atomic E-state index is 0.00432. The van der Waals surface area contributed by atoms with Crippen molar-refractivity contribution in [2.45, 2.75) is 33.4 Å². The van der Waals surface area contributed by atoms with Crippen molar-refractivity contribution in [2.24, 2.45) is 10.5 Å². The highest BCUT2D eigenvalue weighted by molar-refractivity contribution is 6.27. The number of amidine groups is 1. The summed E-state index contributed by atoms with van der Waals surface area (Å²) in [4.78, 5) is 38.4. The van der Waals surface area contributed by atoms with Gasteiger partial charge < -0.3 is 16.0 Å². The molecule has 1 heterocycles. The molecule has 3 rings (SSSR count). The van der Waals surface area contributed by atoms with Gasteiger partial charge in [-0.3, -0.25) is 14.4 Å². The molecule has 2 aromatic carbocycles. The number of carbonyl (C=O) groups is 3. The van der Waals surface area contributed by atoms with Crippen molar-refractivity contribution in [3.63, 3.8) is 0 Å². The van der Waals surface area contributed by atoms with Crippen LogP contribution in [0.4, 0.5) is 11.4 Å². The van der Waals surface area contributed by atoms with E-state index >= 15 is 0 Å². The number of hydrogen-bond donors (Lipinski definition) is 3. The first kappa shape index (κ1) is 21.0. The second kappa shape index (κ2) is 7.98. The van der Waals surface area contributed by atoms with Crippen molar-refractivity contribution in [3.8, 4) is 0 Å². The molecule has 2 aromatic rings. The van der Waals surface area contributed by atoms with Gasteiger partial charge in [-0.25, -0.2) is 0 Å². The van der Waals surface area contributed by atoms with Crippen molar-refractivity contribution >= 4 is 34.9 Å². The largest absolute Gasteiger partial charge is 0.348 e. The van der Waals surface area contributed by atoms with E-state index < -0.39 is 22.9 Å². The van der Waals surface area contributed by atoms with E-state index in [4.69, 9.17) is 0 Å². The van der Waals surface area contributed by atoms with Crippen LogP contribution in [0.3, 0.4) is 0 Å². The minimum atomic E-state index is -1.77. The monoisotopic (exact) mass is 407 g/mol. The predicted molar refractivity (Wildman–Crippen MR) is 116 cm³/mol. The summed E-state index contributed by atoms with van der Waals surface area (Å²) in [7, 11) is 0. The Morgan fingerprint density at radius 1 is 0.967 bits per heavy atom. The number of amides is 3. The number of benzene rings is 2. The lowest BCUT2D eigenvalue weighted by atomic mass is 9.95. The molecule has 0 saturated carbocycles. The zero-order valence-electron chi connectivity index (χ0n) is 17.4. The first-order valence-corrected chi connectivity index (χ1v) is 9.55. The number of carbonyl (C=O) groups excluding carboxylic acids is 3. The average molecular weight is 407 g/mol. The van der Waals surface area contributed by atoms with Gasteiger partial charge in [0.1, 0.15) is 0 Å². The van der Waals surface area contributed by atoms with Gasteiger partial charge in [0.25, 0.3) is 5.66 Å². The molecule has 3 N–H and O–H groups in total. The molecule has 0 aromatic heterocycles. The average Bonchev–Trinajstić information content (AvgIpc) is 2.94. The molecule has 3 amide bonds. The number of hydrogen-bond acceptors (Lipinski definition) is 5. The molecule has 1 unspecified atom stereocenters. The van der Waals surface area contributed by atoms with Gasteiger partial charge in [-0.05, 0) is 24.3 Å².